The van der Waals surface area contributed by atoms with Gasteiger partial charge in [0.2, 0.25) is 0 Å². The molecule has 0 radical (unpaired) electrons. The zero-order chi connectivity index (χ0) is 10.6. The number of carbonyl (C=O) groups is 1. The van der Waals surface area contributed by atoms with Crippen molar-refractivity contribution in [2.75, 3.05) is 0 Å². The standard InChI is InChI=1S/C10H12O4S/c1-4(2)10(11)13-7-5-3-6-8(12-5)9(7)14-15-6/h5-9H,1,3H2,2H3. The number of rotatable bonds is 2. The molecule has 3 aliphatic heterocycles. The van der Waals surface area contributed by atoms with Gasteiger partial charge in [-0.15, -0.1) is 0 Å². The van der Waals surface area contributed by atoms with Crippen LogP contribution in [0.2, 0.25) is 0 Å². The second-order valence-corrected chi connectivity index (χ2v) is 5.21. The van der Waals surface area contributed by atoms with Crippen molar-refractivity contribution in [3.05, 3.63) is 12.2 Å². The Kier molecular flexibility index (Phi) is 2.09. The third kappa shape index (κ3) is 1.33. The molecule has 2 bridgehead atoms. The van der Waals surface area contributed by atoms with E-state index in [0.29, 0.717) is 10.8 Å². The quantitative estimate of drug-likeness (QED) is 0.402. The van der Waals surface area contributed by atoms with Crippen LogP contribution in [0.25, 0.3) is 0 Å². The van der Waals surface area contributed by atoms with Gasteiger partial charge >= 0.3 is 5.97 Å². The van der Waals surface area contributed by atoms with E-state index < -0.39 is 0 Å². The SMILES string of the molecule is C=C(C)C(=O)OC1C2CC3SOC1C3O2. The van der Waals surface area contributed by atoms with Gasteiger partial charge in [0.15, 0.2) is 6.10 Å². The van der Waals surface area contributed by atoms with E-state index in [2.05, 4.69) is 6.58 Å². The fourth-order valence-electron chi connectivity index (χ4n) is 2.31. The van der Waals surface area contributed by atoms with Crippen LogP contribution in [-0.4, -0.2) is 35.6 Å². The maximum atomic E-state index is 11.4. The van der Waals surface area contributed by atoms with E-state index in [4.69, 9.17) is 13.7 Å². The molecule has 0 N–H and O–H groups in total. The number of carbonyl (C=O) groups excluding carboxylic acids is 1. The van der Waals surface area contributed by atoms with Crippen LogP contribution >= 0.6 is 12.0 Å². The maximum absolute atomic E-state index is 11.4. The monoisotopic (exact) mass is 228 g/mol. The van der Waals surface area contributed by atoms with E-state index in [1.54, 1.807) is 6.92 Å². The number of hydrogen-bond donors (Lipinski definition) is 0. The smallest absolute Gasteiger partial charge is 0.333 e. The Bertz CT molecular complexity index is 327. The molecular weight excluding hydrogens is 216 g/mol. The highest BCUT2D eigenvalue weighted by atomic mass is 32.2. The Morgan fingerprint density at radius 2 is 2.33 bits per heavy atom. The highest BCUT2D eigenvalue weighted by Gasteiger charge is 2.61. The summed E-state index contributed by atoms with van der Waals surface area (Å²) in [6, 6.07) is 0. The Morgan fingerprint density at radius 1 is 1.53 bits per heavy atom. The van der Waals surface area contributed by atoms with Gasteiger partial charge in [-0.25, -0.2) is 4.79 Å². The van der Waals surface area contributed by atoms with E-state index in [9.17, 15) is 4.79 Å². The average Bonchev–Trinajstić information content (AvgIpc) is 2.76. The molecule has 0 spiro atoms. The lowest BCUT2D eigenvalue weighted by Gasteiger charge is -2.22. The van der Waals surface area contributed by atoms with Gasteiger partial charge in [0, 0.05) is 5.57 Å². The third-order valence-corrected chi connectivity index (χ3v) is 4.10. The largest absolute Gasteiger partial charge is 0.453 e. The first-order valence-corrected chi connectivity index (χ1v) is 5.81. The Balaban J connectivity index is 1.73. The molecule has 3 heterocycles. The van der Waals surface area contributed by atoms with E-state index in [1.165, 1.54) is 12.0 Å². The first-order valence-electron chi connectivity index (χ1n) is 5.01. The summed E-state index contributed by atoms with van der Waals surface area (Å²) in [6.45, 7) is 5.20. The van der Waals surface area contributed by atoms with Crippen LogP contribution in [0.4, 0.5) is 0 Å². The lowest BCUT2D eigenvalue weighted by molar-refractivity contribution is -0.149. The molecule has 3 saturated heterocycles. The molecular formula is C10H12O4S. The van der Waals surface area contributed by atoms with Crippen LogP contribution in [0.3, 0.4) is 0 Å². The molecule has 0 aromatic rings. The van der Waals surface area contributed by atoms with Crippen molar-refractivity contribution in [3.63, 3.8) is 0 Å². The molecule has 82 valence electrons. The highest BCUT2D eigenvalue weighted by molar-refractivity contribution is 7.95. The van der Waals surface area contributed by atoms with Gasteiger partial charge in [-0.1, -0.05) is 6.58 Å². The fraction of sp³-hybridized carbons (Fsp3) is 0.700. The molecule has 4 nitrogen and oxygen atoms in total. The van der Waals surface area contributed by atoms with Crippen molar-refractivity contribution in [1.29, 1.82) is 0 Å². The maximum Gasteiger partial charge on any atom is 0.333 e. The summed E-state index contributed by atoms with van der Waals surface area (Å²) in [4.78, 5) is 11.4. The average molecular weight is 228 g/mol. The number of hydrogen-bond acceptors (Lipinski definition) is 5. The lowest BCUT2D eigenvalue weighted by Crippen LogP contribution is -2.41. The van der Waals surface area contributed by atoms with E-state index in [1.807, 2.05) is 0 Å². The number of ether oxygens (including phenoxy) is 2. The van der Waals surface area contributed by atoms with Crippen molar-refractivity contribution < 1.29 is 18.5 Å². The molecule has 15 heavy (non-hydrogen) atoms. The normalized spacial score (nSPS) is 45.8. The van der Waals surface area contributed by atoms with Gasteiger partial charge in [0.25, 0.3) is 0 Å². The van der Waals surface area contributed by atoms with Crippen LogP contribution in [0, 0.1) is 0 Å². The molecule has 0 amide bonds. The summed E-state index contributed by atoms with van der Waals surface area (Å²) < 4.78 is 16.5. The summed E-state index contributed by atoms with van der Waals surface area (Å²) in [5, 5.41) is 0.430. The second-order valence-electron chi connectivity index (χ2n) is 4.22. The summed E-state index contributed by atoms with van der Waals surface area (Å²) in [7, 11) is 0. The number of fused-ring (bicyclic) bond motifs is 1. The van der Waals surface area contributed by atoms with E-state index in [0.717, 1.165) is 6.42 Å². The minimum Gasteiger partial charge on any atom is -0.453 e. The van der Waals surface area contributed by atoms with E-state index >= 15 is 0 Å². The summed E-state index contributed by atoms with van der Waals surface area (Å²) in [6.07, 6.45) is 0.721. The van der Waals surface area contributed by atoms with Crippen molar-refractivity contribution in [2.24, 2.45) is 0 Å². The molecule has 0 aliphatic carbocycles. The topological polar surface area (TPSA) is 44.8 Å². The fourth-order valence-corrected chi connectivity index (χ4v) is 3.40. The predicted octanol–water partition coefficient (Wildman–Crippen LogP) is 1.06. The molecule has 5 heteroatoms. The zero-order valence-corrected chi connectivity index (χ0v) is 9.16. The highest BCUT2D eigenvalue weighted by Crippen LogP contribution is 2.50. The van der Waals surface area contributed by atoms with Crippen LogP contribution in [-0.2, 0) is 18.5 Å². The molecule has 5 unspecified atom stereocenters. The summed E-state index contributed by atoms with van der Waals surface area (Å²) >= 11 is 1.46. The predicted molar refractivity (Wildman–Crippen MR) is 54.2 cm³/mol. The number of esters is 1. The molecule has 0 aromatic carbocycles. The van der Waals surface area contributed by atoms with Crippen LogP contribution in [0.5, 0.6) is 0 Å². The van der Waals surface area contributed by atoms with Gasteiger partial charge in [-0.2, -0.15) is 0 Å². The Morgan fingerprint density at radius 3 is 3.07 bits per heavy atom. The van der Waals surface area contributed by atoms with Crippen molar-refractivity contribution in [1.82, 2.24) is 0 Å². The van der Waals surface area contributed by atoms with Gasteiger partial charge in [-0.3, -0.25) is 0 Å². The summed E-state index contributed by atoms with van der Waals surface area (Å²) in [5.41, 5.74) is 0.417. The van der Waals surface area contributed by atoms with E-state index in [-0.39, 0.29) is 30.4 Å². The van der Waals surface area contributed by atoms with Crippen molar-refractivity contribution in [2.45, 2.75) is 43.0 Å². The zero-order valence-electron chi connectivity index (χ0n) is 8.34. The lowest BCUT2D eigenvalue weighted by atomic mass is 9.94. The van der Waals surface area contributed by atoms with Crippen molar-refractivity contribution in [3.8, 4) is 0 Å². The molecule has 0 saturated carbocycles. The molecule has 5 atom stereocenters. The Hall–Kier alpha value is -0.520. The molecule has 3 rings (SSSR count). The van der Waals surface area contributed by atoms with Gasteiger partial charge < -0.3 is 13.7 Å². The van der Waals surface area contributed by atoms with Crippen LogP contribution < -0.4 is 0 Å². The molecule has 3 aliphatic rings. The first kappa shape index (κ1) is 9.69. The summed E-state index contributed by atoms with van der Waals surface area (Å²) in [5.74, 6) is -0.354. The molecule has 0 aromatic heterocycles. The molecule has 3 fully saturated rings. The third-order valence-electron chi connectivity index (χ3n) is 3.06. The minimum absolute atomic E-state index is 0.0169. The van der Waals surface area contributed by atoms with Gasteiger partial charge in [0.1, 0.15) is 12.2 Å². The Labute approximate surface area is 92.2 Å². The van der Waals surface area contributed by atoms with Crippen LogP contribution in [0.1, 0.15) is 13.3 Å². The van der Waals surface area contributed by atoms with Gasteiger partial charge in [-0.05, 0) is 25.4 Å². The first-order chi connectivity index (χ1) is 7.16. The van der Waals surface area contributed by atoms with Gasteiger partial charge in [0.05, 0.1) is 11.4 Å². The minimum atomic E-state index is -0.354. The van der Waals surface area contributed by atoms with Crippen molar-refractivity contribution >= 4 is 18.0 Å². The van der Waals surface area contributed by atoms with Crippen LogP contribution in [0.15, 0.2) is 12.2 Å². The second kappa shape index (κ2) is 3.23.